The van der Waals surface area contributed by atoms with Crippen LogP contribution in [0.15, 0.2) is 23.0 Å². The van der Waals surface area contributed by atoms with E-state index in [0.717, 1.165) is 69.8 Å². The summed E-state index contributed by atoms with van der Waals surface area (Å²) in [4.78, 5) is 25.8. The zero-order valence-electron chi connectivity index (χ0n) is 34.7. The van der Waals surface area contributed by atoms with Gasteiger partial charge in [-0.1, -0.05) is 74.0 Å². The number of allylic oxidation sites excluding steroid dienone is 1. The predicted octanol–water partition coefficient (Wildman–Crippen LogP) is 7.25. The molecule has 1 aromatic rings. The fourth-order valence-electron chi connectivity index (χ4n) is 13.2. The number of hydrogen-bond donors (Lipinski definition) is 2. The molecule has 296 valence electrons. The summed E-state index contributed by atoms with van der Waals surface area (Å²) in [7, 11) is 0. The van der Waals surface area contributed by atoms with Crippen LogP contribution in [0.4, 0.5) is 0 Å². The fourth-order valence-corrected chi connectivity index (χ4v) is 13.2. The van der Waals surface area contributed by atoms with E-state index in [1.54, 1.807) is 6.33 Å². The first-order chi connectivity index (χ1) is 24.8. The maximum atomic E-state index is 13.6. The first-order valence-corrected chi connectivity index (χ1v) is 20.9. The topological polar surface area (TPSA) is 128 Å². The molecule has 0 unspecified atom stereocenters. The van der Waals surface area contributed by atoms with Crippen molar-refractivity contribution >= 4 is 11.8 Å². The number of aromatic nitrogens is 3. The molecule has 0 amide bonds. The van der Waals surface area contributed by atoms with Gasteiger partial charge in [0, 0.05) is 24.0 Å². The molecule has 10 nitrogen and oxygen atoms in total. The molecule has 53 heavy (non-hydrogen) atoms. The lowest BCUT2D eigenvalue weighted by atomic mass is 9.34. The Balaban J connectivity index is 1.39. The number of nitrogens with zero attached hydrogens (tertiary/aromatic N) is 5. The van der Waals surface area contributed by atoms with Crippen LogP contribution in [0.2, 0.25) is 0 Å². The Bertz CT molecular complexity index is 1640. The normalized spacial score (nSPS) is 42.7. The molecule has 10 heteroatoms. The summed E-state index contributed by atoms with van der Waals surface area (Å²) in [6, 6.07) is -0.100. The molecule has 7 rings (SSSR count). The number of amidine groups is 1. The maximum absolute atomic E-state index is 13.6. The first kappa shape index (κ1) is 39.0. The van der Waals surface area contributed by atoms with Crippen molar-refractivity contribution in [2.45, 2.75) is 132 Å². The predicted molar refractivity (Wildman–Crippen MR) is 208 cm³/mol. The summed E-state index contributed by atoms with van der Waals surface area (Å²) in [5.74, 6) is 2.19. The largest absolute Gasteiger partial charge is 0.481 e. The summed E-state index contributed by atoms with van der Waals surface area (Å²) in [6.45, 7) is 29.2. The molecule has 4 fully saturated rings. The van der Waals surface area contributed by atoms with Crippen LogP contribution in [0.1, 0.15) is 127 Å². The van der Waals surface area contributed by atoms with E-state index in [1.807, 2.05) is 0 Å². The Hall–Kier alpha value is -2.30. The van der Waals surface area contributed by atoms with E-state index in [-0.39, 0.29) is 40.2 Å². The summed E-state index contributed by atoms with van der Waals surface area (Å²) in [6.07, 6.45) is 9.64. The number of aliphatic imine (C=N–C) groups is 1. The number of ether oxygens (including phenoxy) is 2. The van der Waals surface area contributed by atoms with Crippen LogP contribution in [0.25, 0.3) is 0 Å². The van der Waals surface area contributed by atoms with Crippen LogP contribution in [0.3, 0.4) is 0 Å². The SMILES string of the molecule is CCN1CCN=C1c1ncnn1[C@@H]1C[C@]2(C)COC[C@@]3(C4=CC[C@@]5(C)[C@H](C(=O)O)[C@@](C)([C@H](C)C(C)C)CC[C@]5(C)[C@H]4CC[C@H]23)[C@H]1OC[C@](C)(N)C(C)C. The maximum Gasteiger partial charge on any atom is 0.307 e. The second kappa shape index (κ2) is 13.1. The average molecular weight is 735 g/mol. The van der Waals surface area contributed by atoms with Crippen molar-refractivity contribution < 1.29 is 19.4 Å². The van der Waals surface area contributed by atoms with Crippen LogP contribution in [0, 0.1) is 62.6 Å². The fraction of sp³-hybridized carbons (Fsp3) is 0.860. The van der Waals surface area contributed by atoms with E-state index in [9.17, 15) is 9.90 Å². The third kappa shape index (κ3) is 5.48. The highest BCUT2D eigenvalue weighted by Crippen LogP contribution is 2.75. The Morgan fingerprint density at radius 2 is 1.85 bits per heavy atom. The smallest absolute Gasteiger partial charge is 0.307 e. The van der Waals surface area contributed by atoms with Crippen molar-refractivity contribution in [3.8, 4) is 0 Å². The molecule has 0 spiro atoms. The molecular formula is C43H70N6O4. The summed E-state index contributed by atoms with van der Waals surface area (Å²) in [5, 5.41) is 16.2. The van der Waals surface area contributed by atoms with Gasteiger partial charge in [0.15, 0.2) is 11.7 Å². The lowest BCUT2D eigenvalue weighted by Gasteiger charge is -2.71. The minimum absolute atomic E-state index is 0.100. The molecule has 12 atom stereocenters. The summed E-state index contributed by atoms with van der Waals surface area (Å²) >= 11 is 0. The molecule has 4 aliphatic carbocycles. The molecule has 2 aliphatic heterocycles. The highest BCUT2D eigenvalue weighted by atomic mass is 16.5. The van der Waals surface area contributed by atoms with Gasteiger partial charge in [-0.2, -0.15) is 5.10 Å². The Kier molecular flexibility index (Phi) is 9.66. The number of rotatable bonds is 10. The molecule has 0 radical (unpaired) electrons. The van der Waals surface area contributed by atoms with Crippen LogP contribution < -0.4 is 5.73 Å². The molecular weight excluding hydrogens is 665 g/mol. The van der Waals surface area contributed by atoms with Gasteiger partial charge in [-0.15, -0.1) is 0 Å². The molecule has 1 aromatic heterocycles. The van der Waals surface area contributed by atoms with Gasteiger partial charge in [0.05, 0.1) is 44.4 Å². The van der Waals surface area contributed by atoms with Crippen LogP contribution in [-0.4, -0.2) is 87.7 Å². The second-order valence-electron chi connectivity index (χ2n) is 20.4. The van der Waals surface area contributed by atoms with Gasteiger partial charge in [0.2, 0.25) is 0 Å². The standard InChI is InChI=1S/C43H70N6O4/c1-12-48-20-19-45-35(48)36-46-25-47-49(36)31-21-38(7)22-52-24-43(34(31)53-23-42(11,44)27(4)5)30-15-16-41(10)33(37(50)51)39(8,28(6)26(2)3)17-18-40(41,9)29(30)13-14-32(38)43/h15,25-29,31-34H,12-14,16-24,44H2,1-11H3,(H,50,51)/t28-,29+,31-,32-,33-,34+,38-,39-,40-,41+,42+,43+/m1/s1. The summed E-state index contributed by atoms with van der Waals surface area (Å²) in [5.41, 5.74) is 6.55. The third-order valence-electron chi connectivity index (χ3n) is 17.3. The Morgan fingerprint density at radius 1 is 1.11 bits per heavy atom. The first-order valence-electron chi connectivity index (χ1n) is 20.9. The van der Waals surface area contributed by atoms with Gasteiger partial charge in [0.25, 0.3) is 0 Å². The zero-order valence-corrected chi connectivity index (χ0v) is 34.7. The number of carboxylic acid groups (broad SMARTS) is 1. The monoisotopic (exact) mass is 735 g/mol. The van der Waals surface area contributed by atoms with E-state index in [2.05, 4.69) is 91.8 Å². The number of nitrogens with two attached hydrogens (primary N) is 1. The molecule has 0 aromatic carbocycles. The van der Waals surface area contributed by atoms with Gasteiger partial charge in [0.1, 0.15) is 6.33 Å². The quantitative estimate of drug-likeness (QED) is 0.241. The molecule has 3 N–H and O–H groups in total. The van der Waals surface area contributed by atoms with Crippen molar-refractivity contribution in [2.24, 2.45) is 73.3 Å². The number of fused-ring (bicyclic) bond motifs is 3. The van der Waals surface area contributed by atoms with Crippen molar-refractivity contribution in [3.63, 3.8) is 0 Å². The minimum atomic E-state index is -0.629. The van der Waals surface area contributed by atoms with E-state index >= 15 is 0 Å². The van der Waals surface area contributed by atoms with Gasteiger partial charge >= 0.3 is 5.97 Å². The van der Waals surface area contributed by atoms with E-state index in [0.29, 0.717) is 37.6 Å². The Labute approximate surface area is 319 Å². The Morgan fingerprint density at radius 3 is 2.51 bits per heavy atom. The highest BCUT2D eigenvalue weighted by molar-refractivity contribution is 5.96. The summed E-state index contributed by atoms with van der Waals surface area (Å²) < 4.78 is 16.4. The second-order valence-corrected chi connectivity index (χ2v) is 20.4. The van der Waals surface area contributed by atoms with Crippen molar-refractivity contribution in [1.29, 1.82) is 0 Å². The lowest BCUT2D eigenvalue weighted by Crippen LogP contribution is -2.70. The van der Waals surface area contributed by atoms with Crippen LogP contribution in [0.5, 0.6) is 0 Å². The molecule has 2 bridgehead atoms. The average Bonchev–Trinajstić information content (AvgIpc) is 3.77. The van der Waals surface area contributed by atoms with E-state index in [4.69, 9.17) is 30.3 Å². The van der Waals surface area contributed by atoms with Crippen LogP contribution in [-0.2, 0) is 14.3 Å². The van der Waals surface area contributed by atoms with Crippen LogP contribution >= 0.6 is 0 Å². The third-order valence-corrected chi connectivity index (χ3v) is 17.3. The lowest BCUT2D eigenvalue weighted by molar-refractivity contribution is -0.254. The van der Waals surface area contributed by atoms with E-state index < -0.39 is 28.3 Å². The minimum Gasteiger partial charge on any atom is -0.481 e. The number of hydrogen-bond acceptors (Lipinski definition) is 8. The molecule has 1 saturated heterocycles. The van der Waals surface area contributed by atoms with Crippen molar-refractivity contribution in [1.82, 2.24) is 19.7 Å². The highest BCUT2D eigenvalue weighted by Gasteiger charge is 2.73. The van der Waals surface area contributed by atoms with Gasteiger partial charge in [-0.05, 0) is 104 Å². The van der Waals surface area contributed by atoms with Gasteiger partial charge in [-0.25, -0.2) is 9.67 Å². The van der Waals surface area contributed by atoms with Crippen molar-refractivity contribution in [2.75, 3.05) is 39.5 Å². The van der Waals surface area contributed by atoms with Gasteiger partial charge < -0.3 is 25.2 Å². The zero-order chi connectivity index (χ0) is 38.5. The molecule has 3 saturated carbocycles. The molecule has 3 heterocycles. The van der Waals surface area contributed by atoms with Gasteiger partial charge in [-0.3, -0.25) is 9.79 Å². The number of carbonyl (C=O) groups is 1. The number of carboxylic acids is 1. The number of aliphatic carboxylic acids is 1. The molecule has 6 aliphatic rings. The van der Waals surface area contributed by atoms with Crippen molar-refractivity contribution in [3.05, 3.63) is 23.8 Å². The van der Waals surface area contributed by atoms with E-state index in [1.165, 1.54) is 5.57 Å². The number of likely N-dealkylation sites (N-methyl/N-ethyl adjacent to an activating group) is 1.